The van der Waals surface area contributed by atoms with Gasteiger partial charge in [0.2, 0.25) is 0 Å². The lowest BCUT2D eigenvalue weighted by molar-refractivity contribution is 0.555. The standard InChI is InChI=1S/C10H13N7/c1-7-9(11)12-5-13-10(7)16-2-3-17-6-14-15-8(17)4-16/h5-6H,2-4H2,1H3,(H2,11,12,13). The third kappa shape index (κ3) is 1.59. The molecule has 0 fully saturated rings. The average molecular weight is 231 g/mol. The topological polar surface area (TPSA) is 85.8 Å². The summed E-state index contributed by atoms with van der Waals surface area (Å²) in [6.07, 6.45) is 3.25. The minimum absolute atomic E-state index is 0.530. The number of nitrogens with two attached hydrogens (primary N) is 1. The Morgan fingerprint density at radius 3 is 3.06 bits per heavy atom. The molecule has 0 radical (unpaired) electrons. The van der Waals surface area contributed by atoms with Crippen LogP contribution in [0.3, 0.4) is 0 Å². The highest BCUT2D eigenvalue weighted by molar-refractivity contribution is 5.55. The van der Waals surface area contributed by atoms with Gasteiger partial charge in [-0.3, -0.25) is 0 Å². The van der Waals surface area contributed by atoms with Crippen LogP contribution in [0, 0.1) is 6.92 Å². The van der Waals surface area contributed by atoms with Gasteiger partial charge in [0.25, 0.3) is 0 Å². The number of hydrogen-bond acceptors (Lipinski definition) is 6. The van der Waals surface area contributed by atoms with E-state index in [0.29, 0.717) is 12.4 Å². The molecule has 2 aromatic heterocycles. The summed E-state index contributed by atoms with van der Waals surface area (Å²) in [7, 11) is 0. The van der Waals surface area contributed by atoms with Crippen molar-refractivity contribution < 1.29 is 0 Å². The van der Waals surface area contributed by atoms with Gasteiger partial charge >= 0.3 is 0 Å². The van der Waals surface area contributed by atoms with Crippen LogP contribution in [0.1, 0.15) is 11.4 Å². The molecule has 7 nitrogen and oxygen atoms in total. The minimum atomic E-state index is 0.530. The SMILES string of the molecule is Cc1c(N)ncnc1N1CCn2cnnc2C1. The molecule has 88 valence electrons. The van der Waals surface area contributed by atoms with Crippen molar-refractivity contribution in [1.82, 2.24) is 24.7 Å². The molecule has 0 bridgehead atoms. The Hall–Kier alpha value is -2.18. The first-order chi connectivity index (χ1) is 8.25. The van der Waals surface area contributed by atoms with Crippen molar-refractivity contribution in [3.8, 4) is 0 Å². The Bertz CT molecular complexity index is 547. The fourth-order valence-electron chi connectivity index (χ4n) is 2.02. The minimum Gasteiger partial charge on any atom is -0.383 e. The molecular weight excluding hydrogens is 218 g/mol. The number of hydrogen-bond donors (Lipinski definition) is 1. The second-order valence-electron chi connectivity index (χ2n) is 4.07. The summed E-state index contributed by atoms with van der Waals surface area (Å²) in [5.74, 6) is 2.36. The van der Waals surface area contributed by atoms with E-state index < -0.39 is 0 Å². The first kappa shape index (κ1) is 10.0. The van der Waals surface area contributed by atoms with Gasteiger partial charge in [-0.2, -0.15) is 0 Å². The summed E-state index contributed by atoms with van der Waals surface area (Å²) in [6.45, 7) is 4.38. The number of fused-ring (bicyclic) bond motifs is 1. The van der Waals surface area contributed by atoms with Gasteiger partial charge in [-0.25, -0.2) is 9.97 Å². The maximum Gasteiger partial charge on any atom is 0.152 e. The van der Waals surface area contributed by atoms with Crippen molar-refractivity contribution in [1.29, 1.82) is 0 Å². The second-order valence-corrected chi connectivity index (χ2v) is 4.07. The van der Waals surface area contributed by atoms with Gasteiger partial charge in [0.15, 0.2) is 5.82 Å². The highest BCUT2D eigenvalue weighted by Crippen LogP contribution is 2.23. The van der Waals surface area contributed by atoms with Gasteiger partial charge in [-0.15, -0.1) is 10.2 Å². The zero-order chi connectivity index (χ0) is 11.8. The van der Waals surface area contributed by atoms with E-state index in [4.69, 9.17) is 5.73 Å². The smallest absolute Gasteiger partial charge is 0.152 e. The Morgan fingerprint density at radius 2 is 2.18 bits per heavy atom. The molecule has 0 spiro atoms. The van der Waals surface area contributed by atoms with Crippen LogP contribution in [-0.2, 0) is 13.1 Å². The number of anilines is 2. The molecule has 3 heterocycles. The van der Waals surface area contributed by atoms with Crippen LogP contribution in [0.25, 0.3) is 0 Å². The molecule has 0 amide bonds. The Balaban J connectivity index is 1.94. The van der Waals surface area contributed by atoms with Crippen LogP contribution in [0.5, 0.6) is 0 Å². The molecule has 1 aliphatic rings. The van der Waals surface area contributed by atoms with Crippen LogP contribution in [0.4, 0.5) is 11.6 Å². The van der Waals surface area contributed by atoms with Crippen LogP contribution in [-0.4, -0.2) is 31.3 Å². The molecule has 0 aliphatic carbocycles. The van der Waals surface area contributed by atoms with E-state index in [1.807, 2.05) is 6.92 Å². The summed E-state index contributed by atoms with van der Waals surface area (Å²) in [4.78, 5) is 10.4. The molecule has 2 aromatic rings. The van der Waals surface area contributed by atoms with E-state index in [-0.39, 0.29) is 0 Å². The summed E-state index contributed by atoms with van der Waals surface area (Å²) in [5, 5.41) is 7.98. The molecule has 2 N–H and O–H groups in total. The molecule has 7 heteroatoms. The first-order valence-electron chi connectivity index (χ1n) is 5.44. The molecule has 1 aliphatic heterocycles. The maximum atomic E-state index is 5.79. The Morgan fingerprint density at radius 1 is 1.29 bits per heavy atom. The average Bonchev–Trinajstić information content (AvgIpc) is 2.79. The monoisotopic (exact) mass is 231 g/mol. The highest BCUT2D eigenvalue weighted by Gasteiger charge is 2.20. The van der Waals surface area contributed by atoms with E-state index in [2.05, 4.69) is 29.6 Å². The van der Waals surface area contributed by atoms with E-state index in [0.717, 1.165) is 30.3 Å². The largest absolute Gasteiger partial charge is 0.383 e. The van der Waals surface area contributed by atoms with Gasteiger partial charge in [-0.05, 0) is 6.92 Å². The second kappa shape index (κ2) is 3.69. The first-order valence-corrected chi connectivity index (χ1v) is 5.44. The van der Waals surface area contributed by atoms with Crippen molar-refractivity contribution >= 4 is 11.6 Å². The normalized spacial score (nSPS) is 14.8. The van der Waals surface area contributed by atoms with Crippen molar-refractivity contribution in [2.45, 2.75) is 20.0 Å². The van der Waals surface area contributed by atoms with E-state index in [1.165, 1.54) is 6.33 Å². The lowest BCUT2D eigenvalue weighted by Gasteiger charge is -2.29. The zero-order valence-electron chi connectivity index (χ0n) is 9.54. The van der Waals surface area contributed by atoms with E-state index >= 15 is 0 Å². The number of nitrogen functional groups attached to an aromatic ring is 1. The molecular formula is C10H13N7. The van der Waals surface area contributed by atoms with Crippen molar-refractivity contribution in [3.63, 3.8) is 0 Å². The predicted molar refractivity (Wildman–Crippen MR) is 62.3 cm³/mol. The van der Waals surface area contributed by atoms with Crippen LogP contribution in [0.15, 0.2) is 12.7 Å². The van der Waals surface area contributed by atoms with Gasteiger partial charge < -0.3 is 15.2 Å². The van der Waals surface area contributed by atoms with Crippen molar-refractivity contribution in [2.24, 2.45) is 0 Å². The lowest BCUT2D eigenvalue weighted by Crippen LogP contribution is -2.34. The number of aromatic nitrogens is 5. The van der Waals surface area contributed by atoms with Gasteiger partial charge in [-0.1, -0.05) is 0 Å². The van der Waals surface area contributed by atoms with E-state index in [9.17, 15) is 0 Å². The molecule has 0 aromatic carbocycles. The molecule has 0 saturated carbocycles. The predicted octanol–water partition coefficient (Wildman–Crippen LogP) is -0.0211. The van der Waals surface area contributed by atoms with Gasteiger partial charge in [0, 0.05) is 18.7 Å². The number of nitrogens with zero attached hydrogens (tertiary/aromatic N) is 6. The highest BCUT2D eigenvalue weighted by atomic mass is 15.3. The Labute approximate surface area is 98.3 Å². The van der Waals surface area contributed by atoms with Gasteiger partial charge in [0.1, 0.15) is 24.3 Å². The molecule has 17 heavy (non-hydrogen) atoms. The van der Waals surface area contributed by atoms with Gasteiger partial charge in [0.05, 0.1) is 6.54 Å². The quantitative estimate of drug-likeness (QED) is 0.742. The Kier molecular flexibility index (Phi) is 2.17. The van der Waals surface area contributed by atoms with Crippen molar-refractivity contribution in [3.05, 3.63) is 24.0 Å². The summed E-state index contributed by atoms with van der Waals surface area (Å²) in [5.41, 5.74) is 6.71. The van der Waals surface area contributed by atoms with Crippen molar-refractivity contribution in [2.75, 3.05) is 17.2 Å². The third-order valence-electron chi connectivity index (χ3n) is 3.03. The van der Waals surface area contributed by atoms with Crippen LogP contribution >= 0.6 is 0 Å². The maximum absolute atomic E-state index is 5.79. The summed E-state index contributed by atoms with van der Waals surface area (Å²) >= 11 is 0. The fraction of sp³-hybridized carbons (Fsp3) is 0.400. The summed E-state index contributed by atoms with van der Waals surface area (Å²) < 4.78 is 2.05. The summed E-state index contributed by atoms with van der Waals surface area (Å²) in [6, 6.07) is 0. The molecule has 0 saturated heterocycles. The fourth-order valence-corrected chi connectivity index (χ4v) is 2.02. The zero-order valence-corrected chi connectivity index (χ0v) is 9.54. The lowest BCUT2D eigenvalue weighted by atomic mass is 10.2. The van der Waals surface area contributed by atoms with Crippen LogP contribution < -0.4 is 10.6 Å². The molecule has 3 rings (SSSR count). The molecule has 0 unspecified atom stereocenters. The molecule has 0 atom stereocenters. The van der Waals surface area contributed by atoms with E-state index in [1.54, 1.807) is 6.33 Å². The number of rotatable bonds is 1. The van der Waals surface area contributed by atoms with Crippen LogP contribution in [0.2, 0.25) is 0 Å². The third-order valence-corrected chi connectivity index (χ3v) is 3.03.